The minimum absolute atomic E-state index is 0. The number of carbonyl (C=O) groups excluding carboxylic acids is 1. The normalized spacial score (nSPS) is 24.1. The van der Waals surface area contributed by atoms with Gasteiger partial charge >= 0.3 is 30.9 Å². The maximum atomic E-state index is 10.7. The van der Waals surface area contributed by atoms with Crippen LogP contribution in [0.4, 0.5) is 4.79 Å². The summed E-state index contributed by atoms with van der Waals surface area (Å²) in [6.07, 6.45) is -1.14. The molecule has 1 saturated heterocycles. The Bertz CT molecular complexity index is 222. The van der Waals surface area contributed by atoms with Crippen molar-refractivity contribution >= 4 is 30.9 Å². The van der Waals surface area contributed by atoms with Gasteiger partial charge in [0, 0.05) is 5.92 Å². The number of carbonyl (C=O) groups is 2. The summed E-state index contributed by atoms with van der Waals surface area (Å²) in [7, 11) is 1.24. The zero-order valence-electron chi connectivity index (χ0n) is 7.15. The monoisotopic (exact) mass is 197 g/mol. The van der Waals surface area contributed by atoms with E-state index in [1.165, 1.54) is 7.11 Å². The molecule has 2 unspecified atom stereocenters. The van der Waals surface area contributed by atoms with Crippen molar-refractivity contribution in [1.82, 2.24) is 5.32 Å². The second kappa shape index (κ2) is 5.91. The SMILES string of the molecule is COC(=O)NC1OCC1CC(=O)O.[LiH]. The molecule has 0 aliphatic carbocycles. The number of aliphatic carboxylic acids is 1. The Morgan fingerprint density at radius 3 is 2.64 bits per heavy atom. The molecule has 1 rings (SSSR count). The molecule has 2 N–H and O–H groups in total. The Morgan fingerprint density at radius 2 is 2.29 bits per heavy atom. The maximum absolute atomic E-state index is 10.7. The molecular weight excluding hydrogens is 185 g/mol. The van der Waals surface area contributed by atoms with Gasteiger partial charge in [-0.15, -0.1) is 0 Å². The van der Waals surface area contributed by atoms with Gasteiger partial charge in [0.1, 0.15) is 6.23 Å². The van der Waals surface area contributed by atoms with Crippen molar-refractivity contribution in [3.8, 4) is 0 Å². The Labute approximate surface area is 93.1 Å². The molecule has 0 aromatic carbocycles. The van der Waals surface area contributed by atoms with Crippen molar-refractivity contribution in [2.24, 2.45) is 5.92 Å². The van der Waals surface area contributed by atoms with Gasteiger partial charge in [-0.1, -0.05) is 0 Å². The second-order valence-electron chi connectivity index (χ2n) is 2.75. The molecule has 0 bridgehead atoms. The van der Waals surface area contributed by atoms with E-state index in [0.717, 1.165) is 0 Å². The molecule has 0 radical (unpaired) electrons. The number of hydrogen-bond acceptors (Lipinski definition) is 4. The fourth-order valence-corrected chi connectivity index (χ4v) is 1.05. The van der Waals surface area contributed by atoms with Crippen LogP contribution >= 0.6 is 0 Å². The van der Waals surface area contributed by atoms with E-state index in [1.807, 2.05) is 0 Å². The van der Waals surface area contributed by atoms with Gasteiger partial charge in [-0.2, -0.15) is 0 Å². The third-order valence-electron chi connectivity index (χ3n) is 1.80. The van der Waals surface area contributed by atoms with Crippen LogP contribution in [0.15, 0.2) is 0 Å². The fourth-order valence-electron chi connectivity index (χ4n) is 1.05. The summed E-state index contributed by atoms with van der Waals surface area (Å²) in [5, 5.41) is 10.8. The van der Waals surface area contributed by atoms with Gasteiger partial charge in [-0.25, -0.2) is 4.79 Å². The van der Waals surface area contributed by atoms with Gasteiger partial charge in [0.15, 0.2) is 0 Å². The van der Waals surface area contributed by atoms with Crippen molar-refractivity contribution < 1.29 is 24.2 Å². The van der Waals surface area contributed by atoms with Crippen LogP contribution in [0.3, 0.4) is 0 Å². The van der Waals surface area contributed by atoms with E-state index in [1.54, 1.807) is 0 Å². The average molecular weight is 197 g/mol. The number of carboxylic acid groups (broad SMARTS) is 1. The van der Waals surface area contributed by atoms with Crippen LogP contribution in [0.25, 0.3) is 0 Å². The fraction of sp³-hybridized carbons (Fsp3) is 0.714. The Balaban J connectivity index is 0.00000169. The molecule has 0 spiro atoms. The topological polar surface area (TPSA) is 84.9 Å². The molecule has 7 heteroatoms. The number of amides is 1. The van der Waals surface area contributed by atoms with Crippen LogP contribution in [-0.2, 0) is 14.3 Å². The van der Waals surface area contributed by atoms with Gasteiger partial charge in [-0.05, 0) is 0 Å². The summed E-state index contributed by atoms with van der Waals surface area (Å²) >= 11 is 0. The minimum atomic E-state index is -0.898. The first kappa shape index (κ1) is 13.3. The van der Waals surface area contributed by atoms with E-state index in [2.05, 4.69) is 10.1 Å². The third-order valence-corrected chi connectivity index (χ3v) is 1.80. The number of ether oxygens (including phenoxy) is 2. The molecule has 1 aliphatic rings. The summed E-state index contributed by atoms with van der Waals surface area (Å²) in [4.78, 5) is 21.0. The first-order valence-electron chi connectivity index (χ1n) is 3.81. The number of rotatable bonds is 3. The van der Waals surface area contributed by atoms with E-state index in [-0.39, 0.29) is 31.2 Å². The van der Waals surface area contributed by atoms with E-state index < -0.39 is 18.3 Å². The molecule has 6 nitrogen and oxygen atoms in total. The Kier molecular flexibility index (Phi) is 5.61. The number of carboxylic acids is 1. The van der Waals surface area contributed by atoms with Gasteiger partial charge in [0.25, 0.3) is 0 Å². The molecule has 1 heterocycles. The summed E-state index contributed by atoms with van der Waals surface area (Å²) in [6.45, 7) is 0.362. The second-order valence-corrected chi connectivity index (χ2v) is 2.75. The summed E-state index contributed by atoms with van der Waals surface area (Å²) in [5.74, 6) is -1.05. The predicted octanol–water partition coefficient (Wildman–Crippen LogP) is -0.859. The Morgan fingerprint density at radius 1 is 1.64 bits per heavy atom. The molecule has 2 atom stereocenters. The van der Waals surface area contributed by atoms with Crippen molar-refractivity contribution in [1.29, 1.82) is 0 Å². The molecular formula is C7H12LiNO5. The standard InChI is InChI=1S/C7H11NO5.Li.H/c1-12-7(11)8-6-4(3-13-6)2-5(9)10;;/h4,6H,2-3H2,1H3,(H,8,11)(H,9,10);;. The summed E-state index contributed by atoms with van der Waals surface area (Å²) < 4.78 is 9.27. The molecule has 0 aromatic rings. The van der Waals surface area contributed by atoms with Gasteiger partial charge < -0.3 is 14.6 Å². The number of nitrogens with one attached hydrogen (secondary N) is 1. The number of alkyl carbamates (subject to hydrolysis) is 1. The van der Waals surface area contributed by atoms with Crippen LogP contribution in [0.2, 0.25) is 0 Å². The molecule has 1 amide bonds. The van der Waals surface area contributed by atoms with Crippen LogP contribution in [0.5, 0.6) is 0 Å². The van der Waals surface area contributed by atoms with Crippen LogP contribution in [0, 0.1) is 5.92 Å². The third kappa shape index (κ3) is 3.58. The molecule has 0 aromatic heterocycles. The van der Waals surface area contributed by atoms with Gasteiger partial charge in [0.05, 0.1) is 20.1 Å². The summed E-state index contributed by atoms with van der Waals surface area (Å²) in [5.41, 5.74) is 0. The summed E-state index contributed by atoms with van der Waals surface area (Å²) in [6, 6.07) is 0. The van der Waals surface area contributed by atoms with Crippen LogP contribution in [-0.4, -0.2) is 56.0 Å². The first-order valence-corrected chi connectivity index (χ1v) is 3.81. The van der Waals surface area contributed by atoms with Crippen molar-refractivity contribution in [2.45, 2.75) is 12.6 Å². The van der Waals surface area contributed by atoms with E-state index in [4.69, 9.17) is 9.84 Å². The average Bonchev–Trinajstić information content (AvgIpc) is 2.08. The van der Waals surface area contributed by atoms with Crippen LogP contribution < -0.4 is 5.32 Å². The van der Waals surface area contributed by atoms with Gasteiger partial charge in [0.2, 0.25) is 0 Å². The molecule has 1 fully saturated rings. The molecule has 0 saturated carbocycles. The zero-order valence-corrected chi connectivity index (χ0v) is 7.15. The van der Waals surface area contributed by atoms with E-state index >= 15 is 0 Å². The molecule has 76 valence electrons. The van der Waals surface area contributed by atoms with Crippen LogP contribution in [0.1, 0.15) is 6.42 Å². The van der Waals surface area contributed by atoms with Crippen molar-refractivity contribution in [3.63, 3.8) is 0 Å². The zero-order chi connectivity index (χ0) is 9.84. The molecule has 1 aliphatic heterocycles. The van der Waals surface area contributed by atoms with Crippen molar-refractivity contribution in [3.05, 3.63) is 0 Å². The number of methoxy groups -OCH3 is 1. The van der Waals surface area contributed by atoms with E-state index in [9.17, 15) is 9.59 Å². The van der Waals surface area contributed by atoms with E-state index in [0.29, 0.717) is 6.61 Å². The first-order chi connectivity index (χ1) is 6.13. The number of hydrogen-bond donors (Lipinski definition) is 2. The molecule has 14 heavy (non-hydrogen) atoms. The quantitative estimate of drug-likeness (QED) is 0.575. The Hall–Kier alpha value is -0.703. The predicted molar refractivity (Wildman–Crippen MR) is 48.2 cm³/mol. The van der Waals surface area contributed by atoms with Crippen molar-refractivity contribution in [2.75, 3.05) is 13.7 Å². The van der Waals surface area contributed by atoms with Gasteiger partial charge in [-0.3, -0.25) is 10.1 Å².